The van der Waals surface area contributed by atoms with Crippen molar-refractivity contribution < 1.29 is 24.2 Å². The number of aliphatic hydroxyl groups is 1. The number of esters is 1. The Morgan fingerprint density at radius 2 is 2.00 bits per heavy atom. The summed E-state index contributed by atoms with van der Waals surface area (Å²) in [6.07, 6.45) is 0.260. The number of rotatable bonds is 6. The van der Waals surface area contributed by atoms with Gasteiger partial charge in [-0.15, -0.1) is 0 Å². The second-order valence-electron chi connectivity index (χ2n) is 7.69. The van der Waals surface area contributed by atoms with Gasteiger partial charge >= 0.3 is 5.97 Å². The van der Waals surface area contributed by atoms with Crippen LogP contribution >= 0.6 is 0 Å². The molecule has 156 valence electrons. The van der Waals surface area contributed by atoms with Crippen LogP contribution in [0.3, 0.4) is 0 Å². The van der Waals surface area contributed by atoms with Gasteiger partial charge in [0, 0.05) is 24.1 Å². The highest BCUT2D eigenvalue weighted by Crippen LogP contribution is 2.40. The molecule has 2 aromatic carbocycles. The Balaban J connectivity index is 1.51. The number of ketones is 1. The summed E-state index contributed by atoms with van der Waals surface area (Å²) in [5.41, 5.74) is 5.78. The molecule has 6 heteroatoms. The van der Waals surface area contributed by atoms with Crippen molar-refractivity contribution in [3.05, 3.63) is 70.3 Å². The third-order valence-corrected chi connectivity index (χ3v) is 5.65. The van der Waals surface area contributed by atoms with Gasteiger partial charge in [-0.25, -0.2) is 0 Å². The minimum atomic E-state index is -0.841. The number of benzene rings is 2. The van der Waals surface area contributed by atoms with Crippen molar-refractivity contribution in [2.24, 2.45) is 0 Å². The Bertz CT molecular complexity index is 1020. The van der Waals surface area contributed by atoms with E-state index >= 15 is 0 Å². The molecule has 4 rings (SSSR count). The number of carbonyl (C=O) groups is 2. The summed E-state index contributed by atoms with van der Waals surface area (Å²) in [7, 11) is 1.31. The topological polar surface area (TPSA) is 84.9 Å². The maximum atomic E-state index is 12.6. The van der Waals surface area contributed by atoms with E-state index < -0.39 is 18.1 Å². The molecule has 0 radical (unpaired) electrons. The van der Waals surface area contributed by atoms with Gasteiger partial charge in [0.2, 0.25) is 0 Å². The fraction of sp³-hybridized carbons (Fsp3) is 0.333. The van der Waals surface area contributed by atoms with Crippen molar-refractivity contribution in [2.75, 3.05) is 13.7 Å². The molecule has 0 amide bonds. The van der Waals surface area contributed by atoms with Gasteiger partial charge in [-0.1, -0.05) is 42.5 Å². The molecule has 1 aliphatic heterocycles. The fourth-order valence-electron chi connectivity index (χ4n) is 4.11. The van der Waals surface area contributed by atoms with Crippen LogP contribution in [-0.4, -0.2) is 42.7 Å². The van der Waals surface area contributed by atoms with Gasteiger partial charge < -0.3 is 19.9 Å². The van der Waals surface area contributed by atoms with Crippen LogP contribution in [-0.2, 0) is 38.5 Å². The molecule has 0 aromatic heterocycles. The van der Waals surface area contributed by atoms with Crippen molar-refractivity contribution >= 4 is 23.1 Å². The zero-order valence-corrected chi connectivity index (χ0v) is 17.1. The molecule has 1 heterocycles. The summed E-state index contributed by atoms with van der Waals surface area (Å²) in [6, 6.07) is 13.2. The van der Waals surface area contributed by atoms with Gasteiger partial charge in [-0.3, -0.25) is 9.59 Å². The van der Waals surface area contributed by atoms with Crippen molar-refractivity contribution in [1.82, 2.24) is 5.32 Å². The Morgan fingerprint density at radius 3 is 2.77 bits per heavy atom. The first-order valence-corrected chi connectivity index (χ1v) is 10.1. The largest absolute Gasteiger partial charge is 0.487 e. The quantitative estimate of drug-likeness (QED) is 0.565. The van der Waals surface area contributed by atoms with Crippen LogP contribution < -0.4 is 5.32 Å². The van der Waals surface area contributed by atoms with Crippen LogP contribution in [0.4, 0.5) is 0 Å². The van der Waals surface area contributed by atoms with E-state index in [1.165, 1.54) is 7.11 Å². The Kier molecular flexibility index (Phi) is 5.70. The number of methoxy groups -OCH3 is 1. The molecule has 2 aliphatic rings. The number of carbonyl (C=O) groups excluding carboxylic acids is 2. The monoisotopic (exact) mass is 407 g/mol. The minimum Gasteiger partial charge on any atom is -0.487 e. The van der Waals surface area contributed by atoms with E-state index in [9.17, 15) is 14.7 Å². The predicted octanol–water partition coefficient (Wildman–Crippen LogP) is 2.26. The summed E-state index contributed by atoms with van der Waals surface area (Å²) in [6.45, 7) is 2.51. The summed E-state index contributed by atoms with van der Waals surface area (Å²) < 4.78 is 10.7. The maximum Gasteiger partial charge on any atom is 0.325 e. The number of ether oxygens (including phenoxy) is 2. The van der Waals surface area contributed by atoms with Gasteiger partial charge in [0.15, 0.2) is 5.78 Å². The van der Waals surface area contributed by atoms with Crippen LogP contribution in [0.2, 0.25) is 0 Å². The third-order valence-electron chi connectivity index (χ3n) is 5.65. The molecule has 0 saturated carbocycles. The molecule has 2 aromatic rings. The molecule has 0 fully saturated rings. The van der Waals surface area contributed by atoms with E-state index in [0.717, 1.165) is 27.8 Å². The van der Waals surface area contributed by atoms with Crippen LogP contribution in [0.1, 0.15) is 34.7 Å². The SMILES string of the molecule is COC(=O)[C@@H](NCCc1ccc2c(c1)CO/C2=C1/C(=O)Cc2ccccc21)[C@@H](C)O. The zero-order valence-electron chi connectivity index (χ0n) is 17.1. The highest BCUT2D eigenvalue weighted by Gasteiger charge is 2.32. The third kappa shape index (κ3) is 3.76. The first kappa shape index (κ1) is 20.3. The van der Waals surface area contributed by atoms with E-state index in [1.54, 1.807) is 6.92 Å². The molecule has 0 spiro atoms. The van der Waals surface area contributed by atoms with Gasteiger partial charge in [0.05, 0.1) is 18.8 Å². The predicted molar refractivity (Wildman–Crippen MR) is 112 cm³/mol. The van der Waals surface area contributed by atoms with E-state index in [-0.39, 0.29) is 5.78 Å². The van der Waals surface area contributed by atoms with Crippen LogP contribution in [0.15, 0.2) is 42.5 Å². The van der Waals surface area contributed by atoms with Crippen LogP contribution in [0.5, 0.6) is 0 Å². The van der Waals surface area contributed by atoms with E-state index in [1.807, 2.05) is 36.4 Å². The number of hydrogen-bond acceptors (Lipinski definition) is 6. The molecule has 6 nitrogen and oxygen atoms in total. The highest BCUT2D eigenvalue weighted by atomic mass is 16.5. The van der Waals surface area contributed by atoms with E-state index in [0.29, 0.717) is 37.3 Å². The molecule has 0 bridgehead atoms. The molecule has 2 atom stereocenters. The first-order valence-electron chi connectivity index (χ1n) is 10.1. The number of fused-ring (bicyclic) bond motifs is 2. The lowest BCUT2D eigenvalue weighted by molar-refractivity contribution is -0.145. The Morgan fingerprint density at radius 1 is 1.20 bits per heavy atom. The molecule has 2 N–H and O–H groups in total. The summed E-state index contributed by atoms with van der Waals surface area (Å²) in [4.78, 5) is 24.4. The van der Waals surface area contributed by atoms with Gasteiger partial charge in [-0.05, 0) is 30.0 Å². The lowest BCUT2D eigenvalue weighted by atomic mass is 9.98. The number of nitrogens with one attached hydrogen (secondary N) is 1. The average Bonchev–Trinajstić information content (AvgIpc) is 3.29. The maximum absolute atomic E-state index is 12.6. The standard InChI is InChI=1S/C24H25NO5/c1-14(26)22(24(28)29-2)25-10-9-15-7-8-19-17(11-15)13-30-23(19)21-18-6-4-3-5-16(18)12-20(21)27/h3-8,11,14,22,25-26H,9-10,12-13H2,1-2H3/b23-21+/t14-,22+/m1/s1. The Hall–Kier alpha value is -2.96. The Labute approximate surface area is 175 Å². The molecular formula is C24H25NO5. The van der Waals surface area contributed by atoms with Crippen molar-refractivity contribution in [3.63, 3.8) is 0 Å². The fourth-order valence-corrected chi connectivity index (χ4v) is 4.11. The minimum absolute atomic E-state index is 0.0966. The van der Waals surface area contributed by atoms with E-state index in [2.05, 4.69) is 11.4 Å². The normalized spacial score (nSPS) is 19.1. The molecule has 30 heavy (non-hydrogen) atoms. The van der Waals surface area contributed by atoms with Crippen LogP contribution in [0, 0.1) is 0 Å². The molecule has 0 saturated heterocycles. The second kappa shape index (κ2) is 8.42. The first-order chi connectivity index (χ1) is 14.5. The average molecular weight is 407 g/mol. The van der Waals surface area contributed by atoms with Crippen LogP contribution in [0.25, 0.3) is 11.3 Å². The number of hydrogen-bond donors (Lipinski definition) is 2. The van der Waals surface area contributed by atoms with E-state index in [4.69, 9.17) is 9.47 Å². The number of aliphatic hydroxyl groups excluding tert-OH is 1. The van der Waals surface area contributed by atoms with Crippen molar-refractivity contribution in [1.29, 1.82) is 0 Å². The van der Waals surface area contributed by atoms with Gasteiger partial charge in [0.1, 0.15) is 18.4 Å². The highest BCUT2D eigenvalue weighted by molar-refractivity contribution is 6.31. The summed E-state index contributed by atoms with van der Waals surface area (Å²) in [5, 5.41) is 12.8. The molecule has 1 aliphatic carbocycles. The lowest BCUT2D eigenvalue weighted by Gasteiger charge is -2.19. The lowest BCUT2D eigenvalue weighted by Crippen LogP contribution is -2.46. The molecule has 0 unspecified atom stereocenters. The molecular weight excluding hydrogens is 382 g/mol. The second-order valence-corrected chi connectivity index (χ2v) is 7.69. The summed E-state index contributed by atoms with van der Waals surface area (Å²) in [5.74, 6) is 0.286. The van der Waals surface area contributed by atoms with Crippen molar-refractivity contribution in [3.8, 4) is 0 Å². The van der Waals surface area contributed by atoms with Gasteiger partial charge in [-0.2, -0.15) is 0 Å². The number of Topliss-reactive ketones (excluding diaryl/α,β-unsaturated/α-hetero) is 1. The number of allylic oxidation sites excluding steroid dienone is 1. The van der Waals surface area contributed by atoms with Crippen molar-refractivity contribution in [2.45, 2.75) is 38.5 Å². The zero-order chi connectivity index (χ0) is 21.3. The smallest absolute Gasteiger partial charge is 0.325 e. The van der Waals surface area contributed by atoms with Gasteiger partial charge in [0.25, 0.3) is 0 Å². The summed E-state index contributed by atoms with van der Waals surface area (Å²) >= 11 is 0.